The van der Waals surface area contributed by atoms with Gasteiger partial charge in [0.15, 0.2) is 0 Å². The molecule has 0 aliphatic carbocycles. The van der Waals surface area contributed by atoms with Gasteiger partial charge >= 0.3 is 5.97 Å². The van der Waals surface area contributed by atoms with Crippen molar-refractivity contribution in [3.05, 3.63) is 60.2 Å². The van der Waals surface area contributed by atoms with Crippen molar-refractivity contribution in [3.63, 3.8) is 0 Å². The summed E-state index contributed by atoms with van der Waals surface area (Å²) in [4.78, 5) is 44.7. The molecule has 1 aromatic rings. The second-order valence-electron chi connectivity index (χ2n) is 10.4. The van der Waals surface area contributed by atoms with Gasteiger partial charge in [-0.15, -0.1) is 0 Å². The van der Waals surface area contributed by atoms with Crippen LogP contribution in [0.25, 0.3) is 0 Å². The summed E-state index contributed by atoms with van der Waals surface area (Å²) in [7, 11) is 0. The fourth-order valence-corrected chi connectivity index (χ4v) is 6.26. The third-order valence-electron chi connectivity index (χ3n) is 7.86. The lowest BCUT2D eigenvalue weighted by molar-refractivity contribution is -0.160. The van der Waals surface area contributed by atoms with Gasteiger partial charge in [0.05, 0.1) is 24.2 Å². The molecule has 6 atom stereocenters. The first kappa shape index (κ1) is 23.8. The minimum Gasteiger partial charge on any atom is -0.461 e. The molecule has 1 N–H and O–H groups in total. The lowest BCUT2D eigenvalue weighted by Crippen LogP contribution is -2.59. The summed E-state index contributed by atoms with van der Waals surface area (Å²) in [6, 6.07) is 8.06. The van der Waals surface area contributed by atoms with Crippen molar-refractivity contribution in [2.24, 2.45) is 17.8 Å². The van der Waals surface area contributed by atoms with E-state index in [1.165, 1.54) is 4.90 Å². The van der Waals surface area contributed by atoms with E-state index in [1.807, 2.05) is 50.3 Å². The Bertz CT molecular complexity index is 1080. The van der Waals surface area contributed by atoms with Crippen LogP contribution in [-0.4, -0.2) is 75.7 Å². The smallest absolute Gasteiger partial charge is 0.313 e. The number of esters is 1. The first-order valence-electron chi connectivity index (χ1n) is 12.2. The molecule has 0 saturated carbocycles. The summed E-state index contributed by atoms with van der Waals surface area (Å²) in [5.41, 5.74) is -1.47. The molecule has 0 aromatic heterocycles. The predicted octanol–water partition coefficient (Wildman–Crippen LogP) is 1.69. The second kappa shape index (κ2) is 8.60. The van der Waals surface area contributed by atoms with Gasteiger partial charge < -0.3 is 24.4 Å². The van der Waals surface area contributed by atoms with Crippen LogP contribution in [-0.2, 0) is 30.4 Å². The zero-order valence-corrected chi connectivity index (χ0v) is 20.3. The average Bonchev–Trinajstić information content (AvgIpc) is 3.08. The molecule has 5 rings (SSSR count). The number of rotatable bonds is 5. The van der Waals surface area contributed by atoms with Crippen LogP contribution in [0.4, 0.5) is 0 Å². The minimum absolute atomic E-state index is 0.111. The molecule has 4 aliphatic heterocycles. The Balaban J connectivity index is 1.64. The monoisotopic (exact) mass is 480 g/mol. The number of amides is 2. The minimum atomic E-state index is -1.35. The zero-order chi connectivity index (χ0) is 25.0. The van der Waals surface area contributed by atoms with Crippen molar-refractivity contribution >= 4 is 17.8 Å². The van der Waals surface area contributed by atoms with Gasteiger partial charge in [-0.3, -0.25) is 14.4 Å². The molecule has 4 aliphatic rings. The summed E-state index contributed by atoms with van der Waals surface area (Å²) >= 11 is 0. The number of likely N-dealkylation sites (tertiary alicyclic amines) is 1. The Morgan fingerprint density at radius 2 is 1.80 bits per heavy atom. The highest BCUT2D eigenvalue weighted by Crippen LogP contribution is 2.57. The molecule has 4 heterocycles. The number of ether oxygens (including phenoxy) is 2. The van der Waals surface area contributed by atoms with Crippen LogP contribution in [0.2, 0.25) is 0 Å². The molecular formula is C27H32N2O6. The van der Waals surface area contributed by atoms with E-state index >= 15 is 0 Å². The Kier molecular flexibility index (Phi) is 5.84. The average molecular weight is 481 g/mol. The highest BCUT2D eigenvalue weighted by molar-refractivity contribution is 5.99. The lowest BCUT2D eigenvalue weighted by atomic mass is 9.75. The topological polar surface area (TPSA) is 96.4 Å². The molecule has 1 spiro atoms. The molecule has 1 aromatic carbocycles. The van der Waals surface area contributed by atoms with Crippen molar-refractivity contribution in [1.29, 1.82) is 0 Å². The third kappa shape index (κ3) is 3.53. The van der Waals surface area contributed by atoms with E-state index in [1.54, 1.807) is 30.1 Å². The van der Waals surface area contributed by atoms with Gasteiger partial charge in [-0.2, -0.15) is 0 Å². The number of hydrogen-bond acceptors (Lipinski definition) is 6. The number of nitrogens with zero attached hydrogens (tertiary/aromatic N) is 2. The van der Waals surface area contributed by atoms with Crippen LogP contribution in [0.5, 0.6) is 0 Å². The van der Waals surface area contributed by atoms with Gasteiger partial charge in [-0.25, -0.2) is 0 Å². The number of aliphatic hydroxyl groups is 1. The second-order valence-corrected chi connectivity index (χ2v) is 10.4. The van der Waals surface area contributed by atoms with Gasteiger partial charge in [-0.1, -0.05) is 62.4 Å². The van der Waals surface area contributed by atoms with Crippen molar-refractivity contribution < 1.29 is 29.0 Å². The summed E-state index contributed by atoms with van der Waals surface area (Å²) in [5, 5.41) is 10.3. The Morgan fingerprint density at radius 3 is 2.49 bits per heavy atom. The van der Waals surface area contributed by atoms with Crippen LogP contribution >= 0.6 is 0 Å². The Morgan fingerprint density at radius 1 is 1.06 bits per heavy atom. The van der Waals surface area contributed by atoms with Crippen LogP contribution in [0.3, 0.4) is 0 Å². The number of carbonyl (C=O) groups excluding carboxylic acids is 3. The molecule has 2 amide bonds. The van der Waals surface area contributed by atoms with E-state index < -0.39 is 41.1 Å². The largest absolute Gasteiger partial charge is 0.461 e. The van der Waals surface area contributed by atoms with Crippen molar-refractivity contribution in [2.45, 2.75) is 50.6 Å². The number of benzene rings is 1. The van der Waals surface area contributed by atoms with Gasteiger partial charge in [0.25, 0.3) is 0 Å². The summed E-state index contributed by atoms with van der Waals surface area (Å²) in [5.74, 6) is -3.07. The molecule has 0 bridgehead atoms. The Hall–Kier alpha value is -2.97. The quantitative estimate of drug-likeness (QED) is 0.509. The van der Waals surface area contributed by atoms with E-state index in [9.17, 15) is 19.5 Å². The van der Waals surface area contributed by atoms with Crippen molar-refractivity contribution in [2.75, 3.05) is 19.8 Å². The normalized spacial score (nSPS) is 34.9. The Labute approximate surface area is 205 Å². The molecule has 8 heteroatoms. The molecule has 0 radical (unpaired) electrons. The maximum Gasteiger partial charge on any atom is 0.313 e. The predicted molar refractivity (Wildman–Crippen MR) is 127 cm³/mol. The van der Waals surface area contributed by atoms with Crippen molar-refractivity contribution in [1.82, 2.24) is 9.80 Å². The number of carbonyl (C=O) groups is 3. The standard InChI is InChI=1S/C27H32N2O6/c1-17(2)19(16-30)29-22-24(32)28(15-18-9-5-4-6-10-18)13-7-12-27(22)20(23(29)31)21-25(33)34-14-8-11-26(21,3)35-27/h4-12,17,19-22,30H,13-16H2,1-3H3/t19-,20-,21+,22?,26-,27-/m0/s1. The van der Waals surface area contributed by atoms with E-state index in [0.29, 0.717) is 13.1 Å². The summed E-state index contributed by atoms with van der Waals surface area (Å²) in [6.45, 7) is 6.11. The van der Waals surface area contributed by atoms with Crippen LogP contribution in [0.15, 0.2) is 54.6 Å². The zero-order valence-electron chi connectivity index (χ0n) is 20.3. The van der Waals surface area contributed by atoms with Gasteiger partial charge in [0.2, 0.25) is 11.8 Å². The highest BCUT2D eigenvalue weighted by Gasteiger charge is 2.75. The first-order chi connectivity index (χ1) is 16.7. The highest BCUT2D eigenvalue weighted by atomic mass is 16.6. The van der Waals surface area contributed by atoms with Crippen molar-refractivity contribution in [3.8, 4) is 0 Å². The van der Waals surface area contributed by atoms with Crippen LogP contribution in [0.1, 0.15) is 26.3 Å². The molecule has 2 fully saturated rings. The molecule has 186 valence electrons. The van der Waals surface area contributed by atoms with E-state index in [0.717, 1.165) is 5.56 Å². The fourth-order valence-electron chi connectivity index (χ4n) is 6.26. The third-order valence-corrected chi connectivity index (χ3v) is 7.86. The fraction of sp³-hybridized carbons (Fsp3) is 0.519. The first-order valence-corrected chi connectivity index (χ1v) is 12.2. The summed E-state index contributed by atoms with van der Waals surface area (Å²) in [6.07, 6.45) is 7.17. The molecule has 8 nitrogen and oxygen atoms in total. The van der Waals surface area contributed by atoms with E-state index in [-0.39, 0.29) is 30.9 Å². The molecule has 35 heavy (non-hydrogen) atoms. The number of aliphatic hydroxyl groups excluding tert-OH is 1. The lowest BCUT2D eigenvalue weighted by Gasteiger charge is -2.41. The SMILES string of the molecule is CC(C)[C@H](CO)N1C(=O)[C@@H]2[C@@H]3C(=O)OCC=C[C@]3(C)O[C@@]23C=CCN(Cc2ccccc2)C(=O)C13. The van der Waals surface area contributed by atoms with Gasteiger partial charge in [0, 0.05) is 13.1 Å². The molecular weight excluding hydrogens is 448 g/mol. The maximum absolute atomic E-state index is 14.2. The van der Waals surface area contributed by atoms with Crippen LogP contribution in [0, 0.1) is 17.8 Å². The summed E-state index contributed by atoms with van der Waals surface area (Å²) < 4.78 is 12.1. The van der Waals surface area contributed by atoms with E-state index in [4.69, 9.17) is 9.47 Å². The molecule has 1 unspecified atom stereocenters. The number of hydrogen-bond donors (Lipinski definition) is 1. The van der Waals surface area contributed by atoms with Gasteiger partial charge in [0.1, 0.15) is 24.2 Å². The van der Waals surface area contributed by atoms with Gasteiger partial charge in [-0.05, 0) is 24.5 Å². The molecule has 2 saturated heterocycles. The maximum atomic E-state index is 14.2. The number of fused-ring (bicyclic) bond motifs is 2. The number of cyclic esters (lactones) is 1. The van der Waals surface area contributed by atoms with Crippen LogP contribution < -0.4 is 0 Å². The van der Waals surface area contributed by atoms with E-state index in [2.05, 4.69) is 0 Å².